The van der Waals surface area contributed by atoms with Gasteiger partial charge in [0.25, 0.3) is 0 Å². The maximum atomic E-state index is 5.11. The smallest absolute Gasteiger partial charge is 0.0873 e. The molecule has 1 atom stereocenters. The number of hydrogen-bond donors (Lipinski definition) is 0. The zero-order valence-corrected chi connectivity index (χ0v) is 9.15. The minimum atomic E-state index is 0.852. The highest BCUT2D eigenvalue weighted by molar-refractivity contribution is 7.99. The van der Waals surface area contributed by atoms with Crippen molar-refractivity contribution in [2.75, 3.05) is 18.1 Å². The number of ether oxygens (including phenoxy) is 1. The summed E-state index contributed by atoms with van der Waals surface area (Å²) in [6.07, 6.45) is 8.35. The lowest BCUT2D eigenvalue weighted by atomic mass is 9.99. The Kier molecular flexibility index (Phi) is 6.17. The lowest BCUT2D eigenvalue weighted by molar-refractivity contribution is 0.235. The third-order valence-electron chi connectivity index (χ3n) is 2.50. The molecule has 2 heteroatoms. The second-order valence-electron chi connectivity index (χ2n) is 3.62. The topological polar surface area (TPSA) is 9.23 Å². The molecule has 1 nitrogen and oxygen atoms in total. The van der Waals surface area contributed by atoms with Gasteiger partial charge in [0.1, 0.15) is 0 Å². The van der Waals surface area contributed by atoms with Gasteiger partial charge >= 0.3 is 0 Å². The maximum absolute atomic E-state index is 5.11. The number of rotatable bonds is 5. The molecule has 0 N–H and O–H groups in total. The molecule has 1 heterocycles. The fourth-order valence-corrected chi connectivity index (χ4v) is 2.98. The zero-order chi connectivity index (χ0) is 9.36. The molecule has 1 aliphatic heterocycles. The minimum Gasteiger partial charge on any atom is -0.502 e. The first-order chi connectivity index (χ1) is 6.43. The van der Waals surface area contributed by atoms with E-state index in [1.807, 2.05) is 0 Å². The van der Waals surface area contributed by atoms with E-state index >= 15 is 0 Å². The van der Waals surface area contributed by atoms with Crippen LogP contribution in [0.3, 0.4) is 0 Å². The van der Waals surface area contributed by atoms with Gasteiger partial charge in [0.15, 0.2) is 0 Å². The van der Waals surface area contributed by atoms with Crippen molar-refractivity contribution in [2.45, 2.75) is 32.1 Å². The Hall–Kier alpha value is -0.110. The third-order valence-corrected chi connectivity index (χ3v) is 3.78. The van der Waals surface area contributed by atoms with Crippen LogP contribution in [-0.2, 0) is 4.74 Å². The Morgan fingerprint density at radius 3 is 3.23 bits per heavy atom. The lowest BCUT2D eigenvalue weighted by Crippen LogP contribution is -2.03. The lowest BCUT2D eigenvalue weighted by Gasteiger charge is -2.12. The number of thioether (sulfide) groups is 1. The highest BCUT2D eigenvalue weighted by Gasteiger charge is 2.11. The van der Waals surface area contributed by atoms with E-state index in [9.17, 15) is 0 Å². The molecule has 0 saturated carbocycles. The molecule has 0 amide bonds. The van der Waals surface area contributed by atoms with Gasteiger partial charge in [0, 0.05) is 0 Å². The van der Waals surface area contributed by atoms with Crippen LogP contribution in [0.4, 0.5) is 0 Å². The molecule has 1 aliphatic rings. The van der Waals surface area contributed by atoms with Crippen LogP contribution in [-0.4, -0.2) is 18.1 Å². The molecule has 0 aliphatic carbocycles. The van der Waals surface area contributed by atoms with E-state index in [0.717, 1.165) is 12.5 Å². The number of hydrogen-bond acceptors (Lipinski definition) is 2. The molecule has 13 heavy (non-hydrogen) atoms. The van der Waals surface area contributed by atoms with E-state index in [-0.39, 0.29) is 0 Å². The van der Waals surface area contributed by atoms with Crippen molar-refractivity contribution in [3.8, 4) is 0 Å². The Morgan fingerprint density at radius 1 is 1.46 bits per heavy atom. The average Bonchev–Trinajstić information content (AvgIpc) is 2.41. The molecule has 76 valence electrons. The third kappa shape index (κ3) is 5.25. The SMILES string of the molecule is C=COCCCC1CCCCSC1. The predicted octanol–water partition coefficient (Wildman–Crippen LogP) is 3.46. The molecular formula is C11H20OS. The summed E-state index contributed by atoms with van der Waals surface area (Å²) in [5, 5.41) is 0. The van der Waals surface area contributed by atoms with Gasteiger partial charge in [0.05, 0.1) is 12.9 Å². The Bertz CT molecular complexity index is 128. The first-order valence-corrected chi connectivity index (χ1v) is 6.39. The Balaban J connectivity index is 2.01. The summed E-state index contributed by atoms with van der Waals surface area (Å²) < 4.78 is 5.11. The van der Waals surface area contributed by atoms with Gasteiger partial charge in [-0.2, -0.15) is 11.8 Å². The monoisotopic (exact) mass is 200 g/mol. The predicted molar refractivity (Wildman–Crippen MR) is 60.0 cm³/mol. The van der Waals surface area contributed by atoms with Gasteiger partial charge in [-0.25, -0.2) is 0 Å². The van der Waals surface area contributed by atoms with Gasteiger partial charge in [-0.1, -0.05) is 13.0 Å². The molecule has 1 unspecified atom stereocenters. The molecule has 0 spiro atoms. The fourth-order valence-electron chi connectivity index (χ4n) is 1.74. The highest BCUT2D eigenvalue weighted by Crippen LogP contribution is 2.25. The van der Waals surface area contributed by atoms with Gasteiger partial charge in [-0.05, 0) is 43.1 Å². The minimum absolute atomic E-state index is 0.852. The van der Waals surface area contributed by atoms with E-state index in [2.05, 4.69) is 18.3 Å². The normalized spacial score (nSPS) is 23.5. The van der Waals surface area contributed by atoms with Crippen LogP contribution < -0.4 is 0 Å². The van der Waals surface area contributed by atoms with Gasteiger partial charge < -0.3 is 4.74 Å². The molecule has 1 rings (SSSR count). The van der Waals surface area contributed by atoms with Crippen molar-refractivity contribution < 1.29 is 4.74 Å². The summed E-state index contributed by atoms with van der Waals surface area (Å²) in [4.78, 5) is 0. The maximum Gasteiger partial charge on any atom is 0.0873 e. The van der Waals surface area contributed by atoms with Crippen molar-refractivity contribution in [3.05, 3.63) is 12.8 Å². The van der Waals surface area contributed by atoms with Crippen LogP contribution in [0.5, 0.6) is 0 Å². The summed E-state index contributed by atoms with van der Waals surface area (Å²) >= 11 is 2.13. The fraction of sp³-hybridized carbons (Fsp3) is 0.818. The molecule has 0 aromatic carbocycles. The molecule has 0 bridgehead atoms. The van der Waals surface area contributed by atoms with Crippen LogP contribution in [0.2, 0.25) is 0 Å². The summed E-state index contributed by atoms with van der Waals surface area (Å²) in [6, 6.07) is 0. The van der Waals surface area contributed by atoms with Crippen molar-refractivity contribution >= 4 is 11.8 Å². The standard InChI is InChI=1S/C11H20OS/c1-2-12-8-5-7-11-6-3-4-9-13-10-11/h2,11H,1,3-10H2. The average molecular weight is 200 g/mol. The molecule has 1 fully saturated rings. The van der Waals surface area contributed by atoms with E-state index in [1.54, 1.807) is 6.26 Å². The zero-order valence-electron chi connectivity index (χ0n) is 8.34. The van der Waals surface area contributed by atoms with Crippen LogP contribution in [0.1, 0.15) is 32.1 Å². The van der Waals surface area contributed by atoms with E-state index < -0.39 is 0 Å². The van der Waals surface area contributed by atoms with Crippen LogP contribution in [0, 0.1) is 5.92 Å². The molecule has 0 aromatic heterocycles. The highest BCUT2D eigenvalue weighted by atomic mass is 32.2. The second-order valence-corrected chi connectivity index (χ2v) is 4.77. The van der Waals surface area contributed by atoms with Crippen molar-refractivity contribution in [1.29, 1.82) is 0 Å². The first-order valence-electron chi connectivity index (χ1n) is 5.23. The Morgan fingerprint density at radius 2 is 2.38 bits per heavy atom. The van der Waals surface area contributed by atoms with Gasteiger partial charge in [-0.3, -0.25) is 0 Å². The van der Waals surface area contributed by atoms with Gasteiger partial charge in [0.2, 0.25) is 0 Å². The molecule has 0 radical (unpaired) electrons. The first kappa shape index (κ1) is 11.0. The quantitative estimate of drug-likeness (QED) is 0.496. The summed E-state index contributed by atoms with van der Waals surface area (Å²) in [5.74, 6) is 3.69. The van der Waals surface area contributed by atoms with Crippen LogP contribution in [0.15, 0.2) is 12.8 Å². The van der Waals surface area contributed by atoms with Crippen molar-refractivity contribution in [3.63, 3.8) is 0 Å². The second kappa shape index (κ2) is 7.31. The Labute approximate surface area is 85.9 Å². The molecule has 0 aromatic rings. The van der Waals surface area contributed by atoms with Crippen LogP contribution >= 0.6 is 11.8 Å². The largest absolute Gasteiger partial charge is 0.502 e. The summed E-state index contributed by atoms with van der Waals surface area (Å²) in [6.45, 7) is 4.39. The molecular weight excluding hydrogens is 180 g/mol. The van der Waals surface area contributed by atoms with Crippen molar-refractivity contribution in [2.24, 2.45) is 5.92 Å². The van der Waals surface area contributed by atoms with Crippen molar-refractivity contribution in [1.82, 2.24) is 0 Å². The van der Waals surface area contributed by atoms with E-state index in [4.69, 9.17) is 4.74 Å². The van der Waals surface area contributed by atoms with Gasteiger partial charge in [-0.15, -0.1) is 0 Å². The summed E-state index contributed by atoms with van der Waals surface area (Å²) in [5.41, 5.74) is 0. The molecule has 1 saturated heterocycles. The summed E-state index contributed by atoms with van der Waals surface area (Å²) in [7, 11) is 0. The van der Waals surface area contributed by atoms with E-state index in [0.29, 0.717) is 0 Å². The van der Waals surface area contributed by atoms with Crippen LogP contribution in [0.25, 0.3) is 0 Å². The van der Waals surface area contributed by atoms with E-state index in [1.165, 1.54) is 43.6 Å².